The second-order valence-corrected chi connectivity index (χ2v) is 4.84. The minimum Gasteiger partial charge on any atom is -0.354 e. The molecule has 0 fully saturated rings. The van der Waals surface area contributed by atoms with Gasteiger partial charge in [0.15, 0.2) is 0 Å². The zero-order valence-electron chi connectivity index (χ0n) is 10.2. The maximum atomic E-state index is 3.56. The van der Waals surface area contributed by atoms with E-state index in [0.717, 1.165) is 0 Å². The largest absolute Gasteiger partial charge is 0.354 e. The van der Waals surface area contributed by atoms with E-state index in [4.69, 9.17) is 0 Å². The summed E-state index contributed by atoms with van der Waals surface area (Å²) in [4.78, 5) is 3.56. The van der Waals surface area contributed by atoms with Gasteiger partial charge in [-0.2, -0.15) is 0 Å². The average molecular weight is 231 g/mol. The highest BCUT2D eigenvalue weighted by Crippen LogP contribution is 2.33. The van der Waals surface area contributed by atoms with Crippen LogP contribution in [0, 0.1) is 6.92 Å². The highest BCUT2D eigenvalue weighted by Gasteiger charge is 2.09. The Kier molecular flexibility index (Phi) is 1.81. The molecule has 3 aromatic carbocycles. The third-order valence-electron chi connectivity index (χ3n) is 3.70. The molecule has 1 nitrogen and oxygen atoms in total. The first-order valence-electron chi connectivity index (χ1n) is 6.23. The maximum absolute atomic E-state index is 3.56. The summed E-state index contributed by atoms with van der Waals surface area (Å²) in [6, 6.07) is 19.3. The van der Waals surface area contributed by atoms with E-state index >= 15 is 0 Å². The lowest BCUT2D eigenvalue weighted by Gasteiger charge is -2.03. The number of aromatic amines is 1. The Morgan fingerprint density at radius 1 is 0.833 bits per heavy atom. The van der Waals surface area contributed by atoms with Crippen LogP contribution in [0.1, 0.15) is 5.56 Å². The van der Waals surface area contributed by atoms with E-state index in [2.05, 4.69) is 66.5 Å². The van der Waals surface area contributed by atoms with Gasteiger partial charge in [-0.15, -0.1) is 0 Å². The van der Waals surface area contributed by atoms with Crippen LogP contribution >= 0.6 is 0 Å². The maximum Gasteiger partial charge on any atom is 0.0547 e. The molecule has 1 aromatic heterocycles. The quantitative estimate of drug-likeness (QED) is 0.448. The molecule has 4 aromatic rings. The number of aryl methyl sites for hydroxylation is 1. The van der Waals surface area contributed by atoms with Gasteiger partial charge >= 0.3 is 0 Å². The van der Waals surface area contributed by atoms with E-state index in [1.165, 1.54) is 38.1 Å². The molecule has 1 heterocycles. The SMILES string of the molecule is Cc1cc2ccccc2c2[nH]c3ccccc3c12. The molecule has 4 rings (SSSR count). The number of nitrogens with one attached hydrogen (secondary N) is 1. The molecule has 18 heavy (non-hydrogen) atoms. The molecule has 0 aliphatic heterocycles. The standard InChI is InChI=1S/C17H13N/c1-11-10-12-6-2-3-7-13(12)17-16(11)14-8-4-5-9-15(14)18-17/h2-10,18H,1H3. The van der Waals surface area contributed by atoms with Crippen LogP contribution < -0.4 is 0 Å². The molecule has 0 aliphatic rings. The molecule has 0 saturated heterocycles. The Morgan fingerprint density at radius 3 is 2.44 bits per heavy atom. The molecular weight excluding hydrogens is 218 g/mol. The van der Waals surface area contributed by atoms with E-state index < -0.39 is 0 Å². The molecule has 0 bridgehead atoms. The second-order valence-electron chi connectivity index (χ2n) is 4.84. The topological polar surface area (TPSA) is 15.8 Å². The molecule has 1 heteroatoms. The van der Waals surface area contributed by atoms with Gasteiger partial charge in [-0.05, 0) is 23.9 Å². The van der Waals surface area contributed by atoms with Gasteiger partial charge in [0.1, 0.15) is 0 Å². The number of hydrogen-bond donors (Lipinski definition) is 1. The van der Waals surface area contributed by atoms with Crippen LogP contribution in [0.5, 0.6) is 0 Å². The summed E-state index contributed by atoms with van der Waals surface area (Å²) < 4.78 is 0. The fourth-order valence-electron chi connectivity index (χ4n) is 2.91. The highest BCUT2D eigenvalue weighted by molar-refractivity contribution is 6.18. The molecular formula is C17H13N. The predicted octanol–water partition coefficient (Wildman–Crippen LogP) is 4.78. The van der Waals surface area contributed by atoms with Crippen molar-refractivity contribution in [3.05, 3.63) is 60.2 Å². The number of fused-ring (bicyclic) bond motifs is 5. The van der Waals surface area contributed by atoms with Gasteiger partial charge in [-0.25, -0.2) is 0 Å². The third kappa shape index (κ3) is 1.16. The van der Waals surface area contributed by atoms with Crippen molar-refractivity contribution in [2.24, 2.45) is 0 Å². The highest BCUT2D eigenvalue weighted by atomic mass is 14.7. The van der Waals surface area contributed by atoms with Gasteiger partial charge < -0.3 is 4.98 Å². The summed E-state index contributed by atoms with van der Waals surface area (Å²) in [5.41, 5.74) is 3.81. The fourth-order valence-corrected chi connectivity index (χ4v) is 2.91. The fraction of sp³-hybridized carbons (Fsp3) is 0.0588. The number of rotatable bonds is 0. The van der Waals surface area contributed by atoms with Crippen molar-refractivity contribution in [1.82, 2.24) is 4.98 Å². The zero-order valence-corrected chi connectivity index (χ0v) is 10.2. The van der Waals surface area contributed by atoms with Crippen LogP contribution in [0.3, 0.4) is 0 Å². The number of H-pyrrole nitrogens is 1. The first-order valence-corrected chi connectivity index (χ1v) is 6.23. The molecule has 0 amide bonds. The Bertz CT molecular complexity index is 884. The summed E-state index contributed by atoms with van der Waals surface area (Å²) in [5, 5.41) is 5.27. The minimum absolute atomic E-state index is 1.21. The van der Waals surface area contributed by atoms with E-state index in [9.17, 15) is 0 Å². The molecule has 0 spiro atoms. The van der Waals surface area contributed by atoms with Crippen molar-refractivity contribution >= 4 is 32.6 Å². The molecule has 0 aliphatic carbocycles. The first kappa shape index (κ1) is 9.72. The zero-order chi connectivity index (χ0) is 12.1. The predicted molar refractivity (Wildman–Crippen MR) is 78.0 cm³/mol. The lowest BCUT2D eigenvalue weighted by molar-refractivity contribution is 1.54. The lowest BCUT2D eigenvalue weighted by atomic mass is 10.0. The van der Waals surface area contributed by atoms with Crippen molar-refractivity contribution in [1.29, 1.82) is 0 Å². The van der Waals surface area contributed by atoms with Gasteiger partial charge in [0.05, 0.1) is 5.52 Å². The molecule has 0 unspecified atom stereocenters. The molecule has 1 N–H and O–H groups in total. The number of benzene rings is 3. The van der Waals surface area contributed by atoms with Crippen molar-refractivity contribution in [3.63, 3.8) is 0 Å². The third-order valence-corrected chi connectivity index (χ3v) is 3.70. The van der Waals surface area contributed by atoms with E-state index in [-0.39, 0.29) is 0 Å². The van der Waals surface area contributed by atoms with Gasteiger partial charge in [-0.3, -0.25) is 0 Å². The van der Waals surface area contributed by atoms with Crippen LogP contribution in [0.15, 0.2) is 54.6 Å². The van der Waals surface area contributed by atoms with E-state index in [0.29, 0.717) is 0 Å². The summed E-state index contributed by atoms with van der Waals surface area (Å²) in [7, 11) is 0. The van der Waals surface area contributed by atoms with E-state index in [1.54, 1.807) is 0 Å². The van der Waals surface area contributed by atoms with E-state index in [1.807, 2.05) is 0 Å². The summed E-state index contributed by atoms with van der Waals surface area (Å²) in [6.07, 6.45) is 0. The Labute approximate surface area is 105 Å². The van der Waals surface area contributed by atoms with Crippen molar-refractivity contribution in [2.75, 3.05) is 0 Å². The van der Waals surface area contributed by atoms with Crippen molar-refractivity contribution in [2.45, 2.75) is 6.92 Å². The van der Waals surface area contributed by atoms with Crippen molar-refractivity contribution in [3.8, 4) is 0 Å². The van der Waals surface area contributed by atoms with Crippen LogP contribution in [0.2, 0.25) is 0 Å². The van der Waals surface area contributed by atoms with Crippen molar-refractivity contribution < 1.29 is 0 Å². The van der Waals surface area contributed by atoms with Gasteiger partial charge in [0.25, 0.3) is 0 Å². The minimum atomic E-state index is 1.21. The normalized spacial score (nSPS) is 11.6. The van der Waals surface area contributed by atoms with Gasteiger partial charge in [-0.1, -0.05) is 48.5 Å². The smallest absolute Gasteiger partial charge is 0.0547 e. The summed E-state index contributed by atoms with van der Waals surface area (Å²) in [5.74, 6) is 0. The molecule has 0 radical (unpaired) electrons. The average Bonchev–Trinajstić information content (AvgIpc) is 2.79. The molecule has 0 atom stereocenters. The molecule has 86 valence electrons. The monoisotopic (exact) mass is 231 g/mol. The summed E-state index contributed by atoms with van der Waals surface area (Å²) in [6.45, 7) is 2.19. The number of para-hydroxylation sites is 1. The van der Waals surface area contributed by atoms with Crippen LogP contribution in [0.25, 0.3) is 32.6 Å². The Hall–Kier alpha value is -2.28. The van der Waals surface area contributed by atoms with Crippen LogP contribution in [0.4, 0.5) is 0 Å². The lowest BCUT2D eigenvalue weighted by Crippen LogP contribution is -1.79. The first-order chi connectivity index (χ1) is 8.84. The molecule has 0 saturated carbocycles. The Balaban J connectivity index is 2.38. The number of hydrogen-bond acceptors (Lipinski definition) is 0. The van der Waals surface area contributed by atoms with Crippen LogP contribution in [-0.4, -0.2) is 4.98 Å². The van der Waals surface area contributed by atoms with Crippen LogP contribution in [-0.2, 0) is 0 Å². The van der Waals surface area contributed by atoms with Gasteiger partial charge in [0, 0.05) is 21.7 Å². The van der Waals surface area contributed by atoms with Gasteiger partial charge in [0.2, 0.25) is 0 Å². The second kappa shape index (κ2) is 3.36. The number of aromatic nitrogens is 1. The Morgan fingerprint density at radius 2 is 1.56 bits per heavy atom. The summed E-state index contributed by atoms with van der Waals surface area (Å²) >= 11 is 0.